The number of rotatable bonds is 3. The summed E-state index contributed by atoms with van der Waals surface area (Å²) in [6.45, 7) is 0. The van der Waals surface area contributed by atoms with Crippen LogP contribution in [0.15, 0.2) is 164 Å². The van der Waals surface area contributed by atoms with Crippen LogP contribution >= 0.6 is 0 Å². The normalized spacial score (nSPS) is 14.6. The summed E-state index contributed by atoms with van der Waals surface area (Å²) < 4.78 is 4.78. The van der Waals surface area contributed by atoms with Crippen molar-refractivity contribution in [1.82, 2.24) is 14.6 Å². The molecule has 1 aliphatic heterocycles. The third kappa shape index (κ3) is 4.07. The molecule has 0 spiro atoms. The molecule has 2 aromatic heterocycles. The molecular formula is C41H30N4. The molecule has 1 N–H and O–H groups in total. The summed E-state index contributed by atoms with van der Waals surface area (Å²) in [4.78, 5) is 0. The Morgan fingerprint density at radius 2 is 1.02 bits per heavy atom. The SMILES string of the molecule is C1=C\Cc2ccccc2N(c2ccc3c(c2)c2ccccc2n3-c2ccc3c(c2)c2ccccc2n3-c2ccccc2)N\C=C/1. The van der Waals surface area contributed by atoms with Gasteiger partial charge in [0, 0.05) is 39.1 Å². The first-order valence-electron chi connectivity index (χ1n) is 15.4. The number of nitrogens with one attached hydrogen (secondary N) is 1. The maximum Gasteiger partial charge on any atom is 0.0665 e. The fraction of sp³-hybridized carbons (Fsp3) is 0.0244. The highest BCUT2D eigenvalue weighted by molar-refractivity contribution is 6.12. The van der Waals surface area contributed by atoms with Crippen molar-refractivity contribution in [3.63, 3.8) is 0 Å². The van der Waals surface area contributed by atoms with E-state index in [0.717, 1.165) is 23.5 Å². The predicted octanol–water partition coefficient (Wildman–Crippen LogP) is 10.1. The van der Waals surface area contributed by atoms with Crippen LogP contribution < -0.4 is 10.4 Å². The van der Waals surface area contributed by atoms with E-state index in [-0.39, 0.29) is 0 Å². The first-order chi connectivity index (χ1) is 22.3. The number of nitrogens with zero attached hydrogens (tertiary/aromatic N) is 3. The molecule has 0 amide bonds. The zero-order chi connectivity index (χ0) is 29.7. The predicted molar refractivity (Wildman–Crippen MR) is 189 cm³/mol. The van der Waals surface area contributed by atoms with Gasteiger partial charge < -0.3 is 14.6 Å². The van der Waals surface area contributed by atoms with Crippen molar-refractivity contribution in [2.75, 3.05) is 5.01 Å². The molecule has 45 heavy (non-hydrogen) atoms. The number of anilines is 2. The van der Waals surface area contributed by atoms with E-state index >= 15 is 0 Å². The van der Waals surface area contributed by atoms with Crippen LogP contribution in [0.2, 0.25) is 0 Å². The third-order valence-electron chi connectivity index (χ3n) is 8.96. The van der Waals surface area contributed by atoms with Gasteiger partial charge in [-0.15, -0.1) is 0 Å². The number of fused-ring (bicyclic) bond motifs is 7. The van der Waals surface area contributed by atoms with Gasteiger partial charge in [0.15, 0.2) is 0 Å². The lowest BCUT2D eigenvalue weighted by Gasteiger charge is -2.26. The molecule has 4 nitrogen and oxygen atoms in total. The van der Waals surface area contributed by atoms with E-state index in [0.29, 0.717) is 0 Å². The Morgan fingerprint density at radius 1 is 0.444 bits per heavy atom. The average molecular weight is 579 g/mol. The van der Waals surface area contributed by atoms with Gasteiger partial charge in [-0.25, -0.2) is 0 Å². The minimum absolute atomic E-state index is 0.878. The molecular weight excluding hydrogens is 548 g/mol. The molecule has 0 saturated carbocycles. The van der Waals surface area contributed by atoms with Crippen LogP contribution in [-0.4, -0.2) is 9.13 Å². The average Bonchev–Trinajstić information content (AvgIpc) is 3.63. The standard InChI is InChI=1S/C41H30N4/c1-4-15-30(16-5-1)43-38-20-10-7-17-33(38)35-27-31(22-24-40(35)43)44-39-21-11-8-18-34(39)36-28-32(23-25-41(36)44)45-37-19-9-6-14-29(37)13-3-2-12-26-42-45/h1-12,14-28,42H,13H2/b3-2-,26-12-. The first kappa shape index (κ1) is 25.5. The van der Waals surface area contributed by atoms with Gasteiger partial charge in [0.05, 0.1) is 33.4 Å². The van der Waals surface area contributed by atoms with Crippen molar-refractivity contribution in [2.45, 2.75) is 6.42 Å². The summed E-state index contributed by atoms with van der Waals surface area (Å²) in [5.41, 5.74) is 14.2. The molecule has 3 heterocycles. The fourth-order valence-electron chi connectivity index (χ4n) is 6.96. The number of hydrogen-bond donors (Lipinski definition) is 1. The fourth-order valence-corrected chi connectivity index (χ4v) is 6.96. The summed E-state index contributed by atoms with van der Waals surface area (Å²) in [5.74, 6) is 0. The molecule has 0 saturated heterocycles. The first-order valence-corrected chi connectivity index (χ1v) is 15.4. The van der Waals surface area contributed by atoms with Crippen molar-refractivity contribution in [1.29, 1.82) is 0 Å². The Kier molecular flexibility index (Phi) is 5.85. The topological polar surface area (TPSA) is 25.1 Å². The van der Waals surface area contributed by atoms with E-state index in [9.17, 15) is 0 Å². The Morgan fingerprint density at radius 3 is 1.78 bits per heavy atom. The molecule has 0 unspecified atom stereocenters. The van der Waals surface area contributed by atoms with E-state index in [4.69, 9.17) is 0 Å². The largest absolute Gasteiger partial charge is 0.309 e. The van der Waals surface area contributed by atoms with E-state index in [2.05, 4.69) is 171 Å². The molecule has 0 fully saturated rings. The summed E-state index contributed by atoms with van der Waals surface area (Å²) in [6.07, 6.45) is 9.22. The van der Waals surface area contributed by atoms with Gasteiger partial charge in [-0.1, -0.05) is 84.9 Å². The van der Waals surface area contributed by atoms with Crippen LogP contribution in [0.25, 0.3) is 55.0 Å². The second kappa shape index (κ2) is 10.3. The van der Waals surface area contributed by atoms with Gasteiger partial charge in [-0.2, -0.15) is 0 Å². The van der Waals surface area contributed by atoms with Crippen LogP contribution in [0.4, 0.5) is 11.4 Å². The number of aromatic nitrogens is 2. The molecule has 214 valence electrons. The Labute approximate surface area is 261 Å². The summed E-state index contributed by atoms with van der Waals surface area (Å²) >= 11 is 0. The van der Waals surface area contributed by atoms with Crippen LogP contribution in [0.3, 0.4) is 0 Å². The second-order valence-electron chi connectivity index (χ2n) is 11.5. The van der Waals surface area contributed by atoms with Gasteiger partial charge in [-0.3, -0.25) is 5.01 Å². The van der Waals surface area contributed by atoms with Crippen LogP contribution in [0.1, 0.15) is 5.56 Å². The molecule has 4 heteroatoms. The highest BCUT2D eigenvalue weighted by Gasteiger charge is 2.19. The molecule has 1 aliphatic rings. The maximum absolute atomic E-state index is 3.53. The lowest BCUT2D eigenvalue weighted by atomic mass is 10.1. The Balaban J connectivity index is 1.25. The maximum atomic E-state index is 3.53. The lowest BCUT2D eigenvalue weighted by molar-refractivity contribution is 0.882. The van der Waals surface area contributed by atoms with Crippen LogP contribution in [0.5, 0.6) is 0 Å². The van der Waals surface area contributed by atoms with Crippen LogP contribution in [0, 0.1) is 0 Å². The molecule has 0 aliphatic carbocycles. The smallest absolute Gasteiger partial charge is 0.0665 e. The van der Waals surface area contributed by atoms with E-state index in [1.54, 1.807) is 0 Å². The summed E-state index contributed by atoms with van der Waals surface area (Å²) in [6, 6.07) is 50.4. The summed E-state index contributed by atoms with van der Waals surface area (Å²) in [5, 5.41) is 7.13. The molecule has 8 aromatic rings. The number of hydrogen-bond acceptors (Lipinski definition) is 2. The van der Waals surface area contributed by atoms with Gasteiger partial charge in [0.25, 0.3) is 0 Å². The van der Waals surface area contributed by atoms with Crippen LogP contribution in [-0.2, 0) is 6.42 Å². The number of para-hydroxylation sites is 4. The molecule has 0 atom stereocenters. The monoisotopic (exact) mass is 578 g/mol. The molecule has 0 radical (unpaired) electrons. The van der Waals surface area contributed by atoms with Crippen molar-refractivity contribution < 1.29 is 0 Å². The van der Waals surface area contributed by atoms with Gasteiger partial charge in [0.1, 0.15) is 0 Å². The van der Waals surface area contributed by atoms with Crippen molar-refractivity contribution in [3.05, 3.63) is 170 Å². The third-order valence-corrected chi connectivity index (χ3v) is 8.96. The highest BCUT2D eigenvalue weighted by Crippen LogP contribution is 2.39. The molecule has 9 rings (SSSR count). The number of hydrazine groups is 1. The van der Waals surface area contributed by atoms with Gasteiger partial charge >= 0.3 is 0 Å². The van der Waals surface area contributed by atoms with E-state index < -0.39 is 0 Å². The van der Waals surface area contributed by atoms with Gasteiger partial charge in [-0.05, 0) is 84.8 Å². The van der Waals surface area contributed by atoms with Crippen molar-refractivity contribution >= 4 is 55.0 Å². The zero-order valence-corrected chi connectivity index (χ0v) is 24.6. The highest BCUT2D eigenvalue weighted by atomic mass is 15.5. The summed E-state index contributed by atoms with van der Waals surface area (Å²) in [7, 11) is 0. The van der Waals surface area contributed by atoms with Crippen molar-refractivity contribution in [3.8, 4) is 11.4 Å². The Bertz CT molecular complexity index is 2440. The number of benzene rings is 6. The zero-order valence-electron chi connectivity index (χ0n) is 24.6. The van der Waals surface area contributed by atoms with E-state index in [1.807, 2.05) is 12.3 Å². The number of allylic oxidation sites excluding steroid dienone is 3. The Hall–Kier alpha value is -6.00. The minimum Gasteiger partial charge on any atom is -0.309 e. The van der Waals surface area contributed by atoms with Gasteiger partial charge in [0.2, 0.25) is 0 Å². The van der Waals surface area contributed by atoms with E-state index in [1.165, 1.54) is 54.9 Å². The lowest BCUT2D eigenvalue weighted by Crippen LogP contribution is -2.29. The second-order valence-corrected chi connectivity index (χ2v) is 11.5. The van der Waals surface area contributed by atoms with Crippen molar-refractivity contribution in [2.24, 2.45) is 0 Å². The minimum atomic E-state index is 0.878. The molecule has 6 aromatic carbocycles. The molecule has 0 bridgehead atoms. The quantitative estimate of drug-likeness (QED) is 0.226.